The molecule has 0 saturated carbocycles. The van der Waals surface area contributed by atoms with E-state index in [9.17, 15) is 4.79 Å². The van der Waals surface area contributed by atoms with E-state index < -0.39 is 0 Å². The highest BCUT2D eigenvalue weighted by atomic mass is 32.1. The Bertz CT molecular complexity index is 362. The van der Waals surface area contributed by atoms with Crippen molar-refractivity contribution in [3.05, 3.63) is 16.1 Å². The molecule has 0 spiro atoms. The van der Waals surface area contributed by atoms with Gasteiger partial charge in [0.1, 0.15) is 0 Å². The second-order valence-electron chi connectivity index (χ2n) is 4.19. The van der Waals surface area contributed by atoms with Gasteiger partial charge in [0.25, 0.3) is 0 Å². The number of nitrogens with zero attached hydrogens (tertiary/aromatic N) is 2. The maximum atomic E-state index is 11.9. The number of aromatic nitrogens is 1. The number of aryl methyl sites for hydroxylation is 1. The first-order valence-corrected chi connectivity index (χ1v) is 6.15. The third kappa shape index (κ3) is 3.28. The van der Waals surface area contributed by atoms with Crippen molar-refractivity contribution < 1.29 is 4.79 Å². The van der Waals surface area contributed by atoms with Crippen molar-refractivity contribution in [2.45, 2.75) is 33.4 Å². The molecule has 0 aromatic carbocycles. The number of carbonyl (C=O) groups is 1. The maximum Gasteiger partial charge on any atom is 0.227 e. The van der Waals surface area contributed by atoms with Crippen molar-refractivity contribution in [3.8, 4) is 0 Å². The second kappa shape index (κ2) is 5.41. The molecular weight excluding hydrogens is 222 g/mol. The van der Waals surface area contributed by atoms with Gasteiger partial charge in [-0.25, -0.2) is 4.98 Å². The summed E-state index contributed by atoms with van der Waals surface area (Å²) in [5.74, 6) is -0.0555. The third-order valence-corrected chi connectivity index (χ3v) is 3.51. The molecule has 2 N–H and O–H groups in total. The number of nitrogens with two attached hydrogens (primary N) is 1. The van der Waals surface area contributed by atoms with E-state index in [0.29, 0.717) is 6.54 Å². The average molecular weight is 241 g/mol. The van der Waals surface area contributed by atoms with Gasteiger partial charge in [-0.2, -0.15) is 0 Å². The van der Waals surface area contributed by atoms with Crippen molar-refractivity contribution in [3.63, 3.8) is 0 Å². The third-order valence-electron chi connectivity index (χ3n) is 2.62. The zero-order chi connectivity index (χ0) is 12.3. The minimum absolute atomic E-state index is 0.0843. The molecule has 0 aliphatic rings. The summed E-state index contributed by atoms with van der Waals surface area (Å²) in [6, 6.07) is -0.113. The molecule has 0 aliphatic carbocycles. The predicted molar refractivity (Wildman–Crippen MR) is 66.1 cm³/mol. The van der Waals surface area contributed by atoms with Gasteiger partial charge < -0.3 is 10.6 Å². The molecule has 0 saturated heterocycles. The van der Waals surface area contributed by atoms with Crippen molar-refractivity contribution in [1.82, 2.24) is 9.88 Å². The van der Waals surface area contributed by atoms with Crippen LogP contribution in [0.2, 0.25) is 0 Å². The molecule has 2 atom stereocenters. The van der Waals surface area contributed by atoms with Crippen LogP contribution < -0.4 is 5.73 Å². The Hall–Kier alpha value is -0.940. The standard InChI is InChI=1S/C11H19N3OS/c1-7(8(2)12)11(15)14(4)6-10-5-13-9(3)16-10/h5,7-8H,6,12H2,1-4H3. The van der Waals surface area contributed by atoms with Crippen LogP contribution in [0.15, 0.2) is 6.20 Å². The van der Waals surface area contributed by atoms with E-state index in [0.717, 1.165) is 9.88 Å². The van der Waals surface area contributed by atoms with Gasteiger partial charge in [0, 0.05) is 24.2 Å². The Morgan fingerprint density at radius 1 is 1.62 bits per heavy atom. The number of amides is 1. The van der Waals surface area contributed by atoms with Crippen LogP contribution in [-0.2, 0) is 11.3 Å². The molecular formula is C11H19N3OS. The lowest BCUT2D eigenvalue weighted by atomic mass is 10.0. The molecule has 1 aromatic rings. The van der Waals surface area contributed by atoms with Gasteiger partial charge in [0.2, 0.25) is 5.91 Å². The molecule has 1 amide bonds. The molecule has 0 radical (unpaired) electrons. The van der Waals surface area contributed by atoms with E-state index in [2.05, 4.69) is 4.98 Å². The van der Waals surface area contributed by atoms with Crippen molar-refractivity contribution >= 4 is 17.2 Å². The lowest BCUT2D eigenvalue weighted by Gasteiger charge is -2.22. The van der Waals surface area contributed by atoms with Crippen LogP contribution >= 0.6 is 11.3 Å². The van der Waals surface area contributed by atoms with Gasteiger partial charge in [-0.3, -0.25) is 4.79 Å². The number of thiazole rings is 1. The fraction of sp³-hybridized carbons (Fsp3) is 0.636. The van der Waals surface area contributed by atoms with Crippen molar-refractivity contribution in [1.29, 1.82) is 0 Å². The minimum Gasteiger partial charge on any atom is -0.340 e. The van der Waals surface area contributed by atoms with Gasteiger partial charge in [-0.05, 0) is 13.8 Å². The number of hydrogen-bond acceptors (Lipinski definition) is 4. The zero-order valence-corrected chi connectivity index (χ0v) is 11.0. The molecule has 16 heavy (non-hydrogen) atoms. The summed E-state index contributed by atoms with van der Waals surface area (Å²) >= 11 is 1.62. The summed E-state index contributed by atoms with van der Waals surface area (Å²) < 4.78 is 0. The topological polar surface area (TPSA) is 59.2 Å². The van der Waals surface area contributed by atoms with Gasteiger partial charge >= 0.3 is 0 Å². The Morgan fingerprint density at radius 2 is 2.25 bits per heavy atom. The average Bonchev–Trinajstić information content (AvgIpc) is 2.61. The Kier molecular flexibility index (Phi) is 4.44. The van der Waals surface area contributed by atoms with Crippen LogP contribution in [0.5, 0.6) is 0 Å². The molecule has 0 aliphatic heterocycles. The molecule has 0 bridgehead atoms. The molecule has 90 valence electrons. The monoisotopic (exact) mass is 241 g/mol. The van der Waals surface area contributed by atoms with Gasteiger partial charge in [-0.1, -0.05) is 6.92 Å². The smallest absolute Gasteiger partial charge is 0.227 e. The maximum absolute atomic E-state index is 11.9. The first-order chi connectivity index (χ1) is 7.41. The molecule has 2 unspecified atom stereocenters. The van der Waals surface area contributed by atoms with E-state index in [1.807, 2.05) is 27.0 Å². The van der Waals surface area contributed by atoms with E-state index in [4.69, 9.17) is 5.73 Å². The van der Waals surface area contributed by atoms with Crippen LogP contribution in [0.3, 0.4) is 0 Å². The Labute approximate surface area is 100 Å². The molecule has 5 heteroatoms. The van der Waals surface area contributed by atoms with E-state index in [1.54, 1.807) is 23.3 Å². The molecule has 1 heterocycles. The summed E-state index contributed by atoms with van der Waals surface area (Å²) in [5.41, 5.74) is 5.71. The Balaban J connectivity index is 2.58. The lowest BCUT2D eigenvalue weighted by molar-refractivity contribution is -0.134. The van der Waals surface area contributed by atoms with Crippen LogP contribution in [0, 0.1) is 12.8 Å². The number of hydrogen-bond donors (Lipinski definition) is 1. The summed E-state index contributed by atoms with van der Waals surface area (Å²) in [5, 5.41) is 1.02. The largest absolute Gasteiger partial charge is 0.340 e. The zero-order valence-electron chi connectivity index (χ0n) is 10.2. The van der Waals surface area contributed by atoms with Crippen molar-refractivity contribution in [2.24, 2.45) is 11.7 Å². The van der Waals surface area contributed by atoms with E-state index in [-0.39, 0.29) is 17.9 Å². The SMILES string of the molecule is Cc1ncc(CN(C)C(=O)C(C)C(C)N)s1. The van der Waals surface area contributed by atoms with Crippen molar-refractivity contribution in [2.75, 3.05) is 7.05 Å². The van der Waals surface area contributed by atoms with Gasteiger partial charge in [0.05, 0.1) is 17.5 Å². The highest BCUT2D eigenvalue weighted by Gasteiger charge is 2.21. The summed E-state index contributed by atoms with van der Waals surface area (Å²) in [7, 11) is 1.80. The quantitative estimate of drug-likeness (QED) is 0.866. The fourth-order valence-electron chi connectivity index (χ4n) is 1.36. The van der Waals surface area contributed by atoms with Gasteiger partial charge in [-0.15, -0.1) is 11.3 Å². The van der Waals surface area contributed by atoms with Crippen LogP contribution in [0.1, 0.15) is 23.7 Å². The molecule has 4 nitrogen and oxygen atoms in total. The van der Waals surface area contributed by atoms with Gasteiger partial charge in [0.15, 0.2) is 0 Å². The summed E-state index contributed by atoms with van der Waals surface area (Å²) in [6.07, 6.45) is 1.82. The predicted octanol–water partition coefficient (Wildman–Crippen LogP) is 1.39. The number of rotatable bonds is 4. The number of carbonyl (C=O) groups excluding carboxylic acids is 1. The van der Waals surface area contributed by atoms with E-state index in [1.165, 1.54) is 0 Å². The minimum atomic E-state index is -0.140. The summed E-state index contributed by atoms with van der Waals surface area (Å²) in [6.45, 7) is 6.29. The summed E-state index contributed by atoms with van der Waals surface area (Å²) in [4.78, 5) is 18.9. The normalized spacial score (nSPS) is 14.6. The first-order valence-electron chi connectivity index (χ1n) is 5.33. The molecule has 1 rings (SSSR count). The van der Waals surface area contributed by atoms with Crippen LogP contribution in [0.4, 0.5) is 0 Å². The second-order valence-corrected chi connectivity index (χ2v) is 5.51. The Morgan fingerprint density at radius 3 is 2.69 bits per heavy atom. The lowest BCUT2D eigenvalue weighted by Crippen LogP contribution is -2.39. The highest BCUT2D eigenvalue weighted by molar-refractivity contribution is 7.11. The van der Waals surface area contributed by atoms with Crippen LogP contribution in [0.25, 0.3) is 0 Å². The molecule has 0 fully saturated rings. The van der Waals surface area contributed by atoms with E-state index >= 15 is 0 Å². The molecule has 1 aromatic heterocycles. The fourth-order valence-corrected chi connectivity index (χ4v) is 2.21. The first kappa shape index (κ1) is 13.1. The van der Waals surface area contributed by atoms with Crippen LogP contribution in [-0.4, -0.2) is 28.9 Å². The highest BCUT2D eigenvalue weighted by Crippen LogP contribution is 2.15.